The van der Waals surface area contributed by atoms with Gasteiger partial charge in [-0.25, -0.2) is 0 Å². The third kappa shape index (κ3) is 2.80. The number of aliphatic hydroxyl groups is 1. The van der Waals surface area contributed by atoms with E-state index >= 15 is 0 Å². The number of hydrogen-bond donors (Lipinski definition) is 1. The molecule has 20 heavy (non-hydrogen) atoms. The van der Waals surface area contributed by atoms with E-state index < -0.39 is 5.60 Å². The van der Waals surface area contributed by atoms with Crippen LogP contribution in [-0.4, -0.2) is 30.7 Å². The minimum absolute atomic E-state index is 0.246. The van der Waals surface area contributed by atoms with Crippen molar-refractivity contribution in [2.75, 3.05) is 14.2 Å². The standard InChI is InChI=1S/C16H22O4/c1-11-6-8-16(18,9-7-11)15(17)13-5-4-12(19-2)10-14(13)20-3/h4-5,10-11,18H,6-9H2,1-3H3. The maximum absolute atomic E-state index is 12.6. The lowest BCUT2D eigenvalue weighted by Gasteiger charge is -2.33. The molecule has 110 valence electrons. The molecule has 4 nitrogen and oxygen atoms in total. The van der Waals surface area contributed by atoms with Gasteiger partial charge in [0.05, 0.1) is 19.8 Å². The Balaban J connectivity index is 2.28. The molecule has 1 aliphatic rings. The molecule has 0 spiro atoms. The quantitative estimate of drug-likeness (QED) is 0.860. The molecular formula is C16H22O4. The molecule has 1 aromatic rings. The highest BCUT2D eigenvalue weighted by atomic mass is 16.5. The zero-order valence-electron chi connectivity index (χ0n) is 12.3. The molecule has 0 heterocycles. The van der Waals surface area contributed by atoms with Crippen molar-refractivity contribution in [3.63, 3.8) is 0 Å². The van der Waals surface area contributed by atoms with E-state index in [1.165, 1.54) is 7.11 Å². The van der Waals surface area contributed by atoms with E-state index in [0.29, 0.717) is 35.8 Å². The number of carbonyl (C=O) groups excluding carboxylic acids is 1. The first-order chi connectivity index (χ1) is 9.50. The van der Waals surface area contributed by atoms with Crippen molar-refractivity contribution in [1.82, 2.24) is 0 Å². The minimum atomic E-state index is -1.26. The molecule has 0 saturated heterocycles. The van der Waals surface area contributed by atoms with Gasteiger partial charge in [-0.3, -0.25) is 4.79 Å². The van der Waals surface area contributed by atoms with Gasteiger partial charge in [-0.05, 0) is 43.7 Å². The smallest absolute Gasteiger partial charge is 0.198 e. The summed E-state index contributed by atoms with van der Waals surface area (Å²) in [5, 5.41) is 10.6. The van der Waals surface area contributed by atoms with Crippen LogP contribution in [-0.2, 0) is 0 Å². The number of ether oxygens (including phenoxy) is 2. The summed E-state index contributed by atoms with van der Waals surface area (Å²) in [7, 11) is 3.07. The first-order valence-corrected chi connectivity index (χ1v) is 6.99. The molecule has 0 radical (unpaired) electrons. The molecule has 0 aliphatic heterocycles. The molecule has 1 aromatic carbocycles. The third-order valence-electron chi connectivity index (χ3n) is 4.18. The monoisotopic (exact) mass is 278 g/mol. The van der Waals surface area contributed by atoms with Crippen molar-refractivity contribution < 1.29 is 19.4 Å². The van der Waals surface area contributed by atoms with Crippen LogP contribution in [0.1, 0.15) is 43.0 Å². The van der Waals surface area contributed by atoms with Crippen LogP contribution in [0.4, 0.5) is 0 Å². The van der Waals surface area contributed by atoms with Crippen molar-refractivity contribution in [1.29, 1.82) is 0 Å². The summed E-state index contributed by atoms with van der Waals surface area (Å²) in [5.41, 5.74) is -0.834. The van der Waals surface area contributed by atoms with Crippen LogP contribution in [0.5, 0.6) is 11.5 Å². The van der Waals surface area contributed by atoms with Crippen LogP contribution in [0, 0.1) is 5.92 Å². The second-order valence-electron chi connectivity index (χ2n) is 5.61. The Kier molecular flexibility index (Phi) is 4.33. The van der Waals surface area contributed by atoms with Gasteiger partial charge >= 0.3 is 0 Å². The van der Waals surface area contributed by atoms with Crippen molar-refractivity contribution in [3.8, 4) is 11.5 Å². The second-order valence-corrected chi connectivity index (χ2v) is 5.61. The summed E-state index contributed by atoms with van der Waals surface area (Å²) in [6, 6.07) is 5.04. The normalized spacial score (nSPS) is 26.1. The van der Waals surface area contributed by atoms with Gasteiger partial charge in [0.1, 0.15) is 17.1 Å². The molecule has 1 N–H and O–H groups in total. The lowest BCUT2D eigenvalue weighted by atomic mass is 9.75. The molecule has 0 amide bonds. The fourth-order valence-electron chi connectivity index (χ4n) is 2.70. The van der Waals surface area contributed by atoms with Crippen LogP contribution < -0.4 is 9.47 Å². The average molecular weight is 278 g/mol. The maximum Gasteiger partial charge on any atom is 0.198 e. The molecule has 4 heteroatoms. The highest BCUT2D eigenvalue weighted by Gasteiger charge is 2.40. The number of benzene rings is 1. The van der Waals surface area contributed by atoms with Crippen molar-refractivity contribution in [3.05, 3.63) is 23.8 Å². The SMILES string of the molecule is COc1ccc(C(=O)C2(O)CCC(C)CC2)c(OC)c1. The zero-order valence-corrected chi connectivity index (χ0v) is 12.3. The average Bonchev–Trinajstić information content (AvgIpc) is 2.49. The van der Waals surface area contributed by atoms with E-state index in [-0.39, 0.29) is 5.78 Å². The molecule has 0 aromatic heterocycles. The van der Waals surface area contributed by atoms with Crippen molar-refractivity contribution in [2.24, 2.45) is 5.92 Å². The Bertz CT molecular complexity index is 487. The number of ketones is 1. The van der Waals surface area contributed by atoms with Crippen molar-refractivity contribution in [2.45, 2.75) is 38.2 Å². The Morgan fingerprint density at radius 1 is 1.25 bits per heavy atom. The summed E-state index contributed by atoms with van der Waals surface area (Å²) >= 11 is 0. The highest BCUT2D eigenvalue weighted by molar-refractivity contribution is 6.04. The summed E-state index contributed by atoms with van der Waals surface area (Å²) < 4.78 is 10.4. The Hall–Kier alpha value is -1.55. The van der Waals surface area contributed by atoms with E-state index in [1.807, 2.05) is 0 Å². The maximum atomic E-state index is 12.6. The Morgan fingerprint density at radius 2 is 1.90 bits per heavy atom. The first kappa shape index (κ1) is 14.9. The van der Waals surface area contributed by atoms with E-state index in [2.05, 4.69) is 6.92 Å². The fraction of sp³-hybridized carbons (Fsp3) is 0.562. The minimum Gasteiger partial charge on any atom is -0.497 e. The molecular weight excluding hydrogens is 256 g/mol. The topological polar surface area (TPSA) is 55.8 Å². The predicted octanol–water partition coefficient (Wildman–Crippen LogP) is 2.83. The van der Waals surface area contributed by atoms with E-state index in [4.69, 9.17) is 9.47 Å². The molecule has 1 saturated carbocycles. The van der Waals surface area contributed by atoms with Crippen LogP contribution >= 0.6 is 0 Å². The van der Waals surface area contributed by atoms with E-state index in [0.717, 1.165) is 12.8 Å². The third-order valence-corrected chi connectivity index (χ3v) is 4.18. The lowest BCUT2D eigenvalue weighted by molar-refractivity contribution is 0.00404. The number of methoxy groups -OCH3 is 2. The number of Topliss-reactive ketones (excluding diaryl/α,β-unsaturated/α-hetero) is 1. The Morgan fingerprint density at radius 3 is 2.45 bits per heavy atom. The number of rotatable bonds is 4. The number of carbonyl (C=O) groups is 1. The molecule has 0 unspecified atom stereocenters. The van der Waals surface area contributed by atoms with Crippen LogP contribution in [0.25, 0.3) is 0 Å². The van der Waals surface area contributed by atoms with Gasteiger partial charge in [-0.15, -0.1) is 0 Å². The van der Waals surface area contributed by atoms with Gasteiger partial charge in [0, 0.05) is 6.07 Å². The highest BCUT2D eigenvalue weighted by Crippen LogP contribution is 2.36. The molecule has 1 fully saturated rings. The summed E-state index contributed by atoms with van der Waals surface area (Å²) in [6.07, 6.45) is 2.78. The van der Waals surface area contributed by atoms with Gasteiger partial charge in [0.15, 0.2) is 5.78 Å². The number of hydrogen-bond acceptors (Lipinski definition) is 4. The molecule has 0 bridgehead atoms. The van der Waals surface area contributed by atoms with Crippen LogP contribution in [0.3, 0.4) is 0 Å². The molecule has 0 atom stereocenters. The summed E-state index contributed by atoms with van der Waals surface area (Å²) in [5.74, 6) is 1.40. The summed E-state index contributed by atoms with van der Waals surface area (Å²) in [6.45, 7) is 2.15. The van der Waals surface area contributed by atoms with Gasteiger partial charge in [-0.1, -0.05) is 6.92 Å². The van der Waals surface area contributed by atoms with Gasteiger partial charge in [-0.2, -0.15) is 0 Å². The van der Waals surface area contributed by atoms with E-state index in [9.17, 15) is 9.90 Å². The van der Waals surface area contributed by atoms with Gasteiger partial charge in [0.25, 0.3) is 0 Å². The second kappa shape index (κ2) is 5.83. The summed E-state index contributed by atoms with van der Waals surface area (Å²) in [4.78, 5) is 12.6. The van der Waals surface area contributed by atoms with E-state index in [1.54, 1.807) is 25.3 Å². The van der Waals surface area contributed by atoms with Crippen LogP contribution in [0.2, 0.25) is 0 Å². The zero-order chi connectivity index (χ0) is 14.8. The Labute approximate surface area is 119 Å². The van der Waals surface area contributed by atoms with Gasteiger partial charge < -0.3 is 14.6 Å². The largest absolute Gasteiger partial charge is 0.497 e. The fourth-order valence-corrected chi connectivity index (χ4v) is 2.70. The van der Waals surface area contributed by atoms with Gasteiger partial charge in [0.2, 0.25) is 0 Å². The lowest BCUT2D eigenvalue weighted by Crippen LogP contribution is -2.42. The molecule has 2 rings (SSSR count). The molecule has 1 aliphatic carbocycles. The first-order valence-electron chi connectivity index (χ1n) is 6.99. The van der Waals surface area contributed by atoms with Crippen molar-refractivity contribution >= 4 is 5.78 Å². The predicted molar refractivity (Wildman–Crippen MR) is 76.5 cm³/mol. The van der Waals surface area contributed by atoms with Crippen LogP contribution in [0.15, 0.2) is 18.2 Å².